The first kappa shape index (κ1) is 18.3. The minimum Gasteiger partial charge on any atom is -0.485 e. The van der Waals surface area contributed by atoms with Crippen LogP contribution in [0, 0.1) is 0 Å². The second kappa shape index (κ2) is 10.9. The average Bonchev–Trinajstić information content (AvgIpc) is 2.53. The van der Waals surface area contributed by atoms with Gasteiger partial charge in [-0.1, -0.05) is 70.2 Å². The van der Waals surface area contributed by atoms with E-state index in [-0.39, 0.29) is 5.57 Å². The molecule has 3 nitrogen and oxygen atoms in total. The fourth-order valence-electron chi connectivity index (χ4n) is 2.39. The van der Waals surface area contributed by atoms with Gasteiger partial charge in [-0.25, -0.2) is 4.79 Å². The first-order chi connectivity index (χ1) is 10.6. The molecule has 3 heteroatoms. The number of hydrogen-bond acceptors (Lipinski definition) is 2. The van der Waals surface area contributed by atoms with Crippen molar-refractivity contribution in [2.45, 2.75) is 64.4 Å². The Morgan fingerprint density at radius 3 is 2.27 bits per heavy atom. The smallest absolute Gasteiger partial charge is 0.334 e. The summed E-state index contributed by atoms with van der Waals surface area (Å²) in [4.78, 5) is 11.2. The van der Waals surface area contributed by atoms with E-state index in [1.54, 1.807) is 0 Å². The van der Waals surface area contributed by atoms with Crippen molar-refractivity contribution < 1.29 is 14.6 Å². The fourth-order valence-corrected chi connectivity index (χ4v) is 2.39. The maximum atomic E-state index is 11.2. The predicted octanol–water partition coefficient (Wildman–Crippen LogP) is 5.22. The minimum atomic E-state index is -0.983. The second-order valence-corrected chi connectivity index (χ2v) is 5.66. The number of carboxylic acids is 1. The summed E-state index contributed by atoms with van der Waals surface area (Å²) in [7, 11) is 0. The van der Waals surface area contributed by atoms with Gasteiger partial charge in [0.15, 0.2) is 0 Å². The van der Waals surface area contributed by atoms with Gasteiger partial charge in [-0.2, -0.15) is 0 Å². The van der Waals surface area contributed by atoms with Crippen LogP contribution in [0.2, 0.25) is 0 Å². The predicted molar refractivity (Wildman–Crippen MR) is 90.2 cm³/mol. The van der Waals surface area contributed by atoms with Gasteiger partial charge in [0, 0.05) is 0 Å². The zero-order chi connectivity index (χ0) is 16.2. The molecule has 0 aliphatic carbocycles. The van der Waals surface area contributed by atoms with Gasteiger partial charge in [0.05, 0.1) is 5.57 Å². The lowest BCUT2D eigenvalue weighted by atomic mass is 10.0. The van der Waals surface area contributed by atoms with Crippen LogP contribution in [0.4, 0.5) is 0 Å². The molecule has 0 saturated heterocycles. The summed E-state index contributed by atoms with van der Waals surface area (Å²) in [5, 5.41) is 9.15. The number of benzene rings is 1. The van der Waals surface area contributed by atoms with E-state index in [1.807, 2.05) is 30.3 Å². The van der Waals surface area contributed by atoms with Crippen molar-refractivity contribution in [1.29, 1.82) is 0 Å². The highest BCUT2D eigenvalue weighted by Crippen LogP contribution is 2.20. The zero-order valence-electron chi connectivity index (χ0n) is 13.6. The number of ether oxygens (including phenoxy) is 1. The lowest BCUT2D eigenvalue weighted by Crippen LogP contribution is -2.23. The molecule has 1 unspecified atom stereocenters. The van der Waals surface area contributed by atoms with Crippen LogP contribution >= 0.6 is 0 Å². The van der Waals surface area contributed by atoms with Gasteiger partial charge in [-0.05, 0) is 25.0 Å². The highest BCUT2D eigenvalue weighted by Gasteiger charge is 2.19. The highest BCUT2D eigenvalue weighted by atomic mass is 16.5. The molecule has 1 rings (SSSR count). The van der Waals surface area contributed by atoms with Crippen LogP contribution in [-0.4, -0.2) is 17.2 Å². The molecule has 22 heavy (non-hydrogen) atoms. The molecular formula is C19H28O3. The maximum absolute atomic E-state index is 11.2. The standard InChI is InChI=1S/C19H28O3/c1-3-4-5-6-7-8-12-15-18(16(2)19(20)21)22-17-13-10-9-11-14-17/h9-11,13-14,18H,2-8,12,15H2,1H3,(H,20,21). The van der Waals surface area contributed by atoms with Crippen LogP contribution in [0.1, 0.15) is 58.3 Å². The average molecular weight is 304 g/mol. The van der Waals surface area contributed by atoms with E-state index < -0.39 is 12.1 Å². The van der Waals surface area contributed by atoms with Gasteiger partial charge >= 0.3 is 5.97 Å². The minimum absolute atomic E-state index is 0.134. The SMILES string of the molecule is C=C(C(=O)O)C(CCCCCCCCC)Oc1ccccc1. The normalized spacial score (nSPS) is 11.9. The number of rotatable bonds is 12. The first-order valence-electron chi connectivity index (χ1n) is 8.29. The Morgan fingerprint density at radius 1 is 1.09 bits per heavy atom. The van der Waals surface area contributed by atoms with E-state index in [4.69, 9.17) is 9.84 Å². The number of hydrogen-bond donors (Lipinski definition) is 1. The summed E-state index contributed by atoms with van der Waals surface area (Å²) in [5.41, 5.74) is 0.134. The van der Waals surface area contributed by atoms with Crippen molar-refractivity contribution in [1.82, 2.24) is 0 Å². The van der Waals surface area contributed by atoms with E-state index in [1.165, 1.54) is 32.1 Å². The third kappa shape index (κ3) is 7.30. The maximum Gasteiger partial charge on any atom is 0.334 e. The quantitative estimate of drug-likeness (QED) is 0.425. The summed E-state index contributed by atoms with van der Waals surface area (Å²) in [6, 6.07) is 9.34. The molecule has 122 valence electrons. The van der Waals surface area contributed by atoms with Crippen molar-refractivity contribution in [2.24, 2.45) is 0 Å². The number of carboxylic acid groups (broad SMARTS) is 1. The summed E-state index contributed by atoms with van der Waals surface area (Å²) >= 11 is 0. The summed E-state index contributed by atoms with van der Waals surface area (Å²) in [5.74, 6) is -0.290. The molecule has 0 fully saturated rings. The Bertz CT molecular complexity index is 439. The van der Waals surface area contributed by atoms with Crippen LogP contribution in [0.15, 0.2) is 42.5 Å². The van der Waals surface area contributed by atoms with Crippen LogP contribution in [0.25, 0.3) is 0 Å². The Balaban J connectivity index is 2.39. The van der Waals surface area contributed by atoms with Crippen LogP contribution in [-0.2, 0) is 4.79 Å². The molecule has 0 amide bonds. The Labute approximate surface area is 134 Å². The number of unbranched alkanes of at least 4 members (excludes halogenated alkanes) is 6. The van der Waals surface area contributed by atoms with Crippen LogP contribution < -0.4 is 4.74 Å². The molecule has 0 aliphatic heterocycles. The van der Waals surface area contributed by atoms with Crippen molar-refractivity contribution in [3.8, 4) is 5.75 Å². The molecule has 1 atom stereocenters. The van der Waals surface area contributed by atoms with Crippen molar-refractivity contribution in [3.63, 3.8) is 0 Å². The topological polar surface area (TPSA) is 46.5 Å². The Hall–Kier alpha value is -1.77. The summed E-state index contributed by atoms with van der Waals surface area (Å²) in [6.07, 6.45) is 8.66. The number of para-hydroxylation sites is 1. The highest BCUT2D eigenvalue weighted by molar-refractivity contribution is 5.87. The van der Waals surface area contributed by atoms with E-state index in [9.17, 15) is 4.79 Å². The van der Waals surface area contributed by atoms with E-state index >= 15 is 0 Å². The number of aliphatic carboxylic acids is 1. The van der Waals surface area contributed by atoms with Crippen molar-refractivity contribution in [3.05, 3.63) is 42.5 Å². The van der Waals surface area contributed by atoms with E-state index in [0.717, 1.165) is 12.8 Å². The molecule has 0 aliphatic rings. The fraction of sp³-hybridized carbons (Fsp3) is 0.526. The second-order valence-electron chi connectivity index (χ2n) is 5.66. The van der Waals surface area contributed by atoms with Gasteiger partial charge in [-0.15, -0.1) is 0 Å². The molecule has 0 heterocycles. The summed E-state index contributed by atoms with van der Waals surface area (Å²) in [6.45, 7) is 5.88. The largest absolute Gasteiger partial charge is 0.485 e. The molecule has 1 aromatic rings. The lowest BCUT2D eigenvalue weighted by molar-refractivity contribution is -0.133. The van der Waals surface area contributed by atoms with Gasteiger partial charge in [0.2, 0.25) is 0 Å². The molecular weight excluding hydrogens is 276 g/mol. The van der Waals surface area contributed by atoms with E-state index in [0.29, 0.717) is 12.2 Å². The molecule has 0 saturated carbocycles. The van der Waals surface area contributed by atoms with Crippen molar-refractivity contribution in [2.75, 3.05) is 0 Å². The first-order valence-corrected chi connectivity index (χ1v) is 8.29. The Kier molecular flexibility index (Phi) is 9.04. The number of carbonyl (C=O) groups is 1. The molecule has 0 radical (unpaired) electrons. The zero-order valence-corrected chi connectivity index (χ0v) is 13.6. The lowest BCUT2D eigenvalue weighted by Gasteiger charge is -2.19. The van der Waals surface area contributed by atoms with Gasteiger partial charge in [0.1, 0.15) is 11.9 Å². The van der Waals surface area contributed by atoms with Gasteiger partial charge < -0.3 is 9.84 Å². The molecule has 0 bridgehead atoms. The van der Waals surface area contributed by atoms with Gasteiger partial charge in [0.25, 0.3) is 0 Å². The van der Waals surface area contributed by atoms with Crippen molar-refractivity contribution >= 4 is 5.97 Å². The third-order valence-corrected chi connectivity index (χ3v) is 3.75. The van der Waals surface area contributed by atoms with Crippen LogP contribution in [0.3, 0.4) is 0 Å². The monoisotopic (exact) mass is 304 g/mol. The molecule has 1 aromatic carbocycles. The summed E-state index contributed by atoms with van der Waals surface area (Å²) < 4.78 is 5.80. The third-order valence-electron chi connectivity index (χ3n) is 3.75. The van der Waals surface area contributed by atoms with Crippen LogP contribution in [0.5, 0.6) is 5.75 Å². The van der Waals surface area contributed by atoms with Gasteiger partial charge in [-0.3, -0.25) is 0 Å². The van der Waals surface area contributed by atoms with E-state index in [2.05, 4.69) is 13.5 Å². The Morgan fingerprint density at radius 2 is 1.68 bits per heavy atom. The molecule has 0 aromatic heterocycles. The molecule has 0 spiro atoms. The molecule has 1 N–H and O–H groups in total.